The van der Waals surface area contributed by atoms with Gasteiger partial charge in [-0.15, -0.1) is 0 Å². The first-order valence-corrected chi connectivity index (χ1v) is 16.8. The fraction of sp³-hybridized carbons (Fsp3) is 0.375. The average molecular weight is 621 g/mol. The number of hydrogen-bond acceptors (Lipinski definition) is 8. The van der Waals surface area contributed by atoms with Crippen molar-refractivity contribution >= 4 is 42.6 Å². The molecule has 226 valence electrons. The normalized spacial score (nSPS) is 16.2. The summed E-state index contributed by atoms with van der Waals surface area (Å²) >= 11 is 1.47. The molecule has 0 unspecified atom stereocenters. The number of sulfonamides is 1. The SMILES string of the molecule is COc1ccc(C)c2sc(N(CCCN3CCOCC3)C(=O)c3ccc(S(=O)(=O)N4CCc5ccccc5C4)cc3)nc12. The summed E-state index contributed by atoms with van der Waals surface area (Å²) in [7, 11) is -2.09. The van der Waals surface area contributed by atoms with E-state index >= 15 is 0 Å². The van der Waals surface area contributed by atoms with Crippen LogP contribution in [0.3, 0.4) is 0 Å². The van der Waals surface area contributed by atoms with Crippen LogP contribution in [0.1, 0.15) is 33.5 Å². The summed E-state index contributed by atoms with van der Waals surface area (Å²) in [4.78, 5) is 23.1. The summed E-state index contributed by atoms with van der Waals surface area (Å²) in [6.45, 7) is 7.31. The van der Waals surface area contributed by atoms with Gasteiger partial charge in [0.15, 0.2) is 5.13 Å². The molecule has 1 amide bonds. The third-order valence-corrected chi connectivity index (χ3v) is 11.3. The molecule has 4 aromatic rings. The van der Waals surface area contributed by atoms with Crippen LogP contribution in [-0.4, -0.2) is 81.6 Å². The molecule has 9 nitrogen and oxygen atoms in total. The smallest absolute Gasteiger partial charge is 0.260 e. The van der Waals surface area contributed by atoms with Crippen LogP contribution in [0.4, 0.5) is 5.13 Å². The minimum atomic E-state index is -3.71. The first-order valence-electron chi connectivity index (χ1n) is 14.6. The van der Waals surface area contributed by atoms with Gasteiger partial charge in [0.05, 0.1) is 29.9 Å². The summed E-state index contributed by atoms with van der Waals surface area (Å²) in [6.07, 6.45) is 1.44. The van der Waals surface area contributed by atoms with E-state index in [-0.39, 0.29) is 10.8 Å². The number of nitrogens with zero attached hydrogens (tertiary/aromatic N) is 4. The standard InChI is InChI=1S/C32H36N4O5S2/c1-23-8-13-28(40-2)29-30(23)42-32(33-29)36(16-5-15-34-18-20-41-21-19-34)31(37)25-9-11-27(12-10-25)43(38,39)35-17-14-24-6-3-4-7-26(24)22-35/h3-4,6-13H,5,14-22H2,1-2H3. The van der Waals surface area contributed by atoms with Crippen molar-refractivity contribution in [1.29, 1.82) is 0 Å². The van der Waals surface area contributed by atoms with Crippen LogP contribution < -0.4 is 9.64 Å². The zero-order chi connectivity index (χ0) is 30.0. The van der Waals surface area contributed by atoms with E-state index in [0.29, 0.717) is 42.5 Å². The fourth-order valence-electron chi connectivity index (χ4n) is 5.69. The Morgan fingerprint density at radius 3 is 2.51 bits per heavy atom. The van der Waals surface area contributed by atoms with Gasteiger partial charge in [0.2, 0.25) is 10.0 Å². The predicted molar refractivity (Wildman–Crippen MR) is 169 cm³/mol. The number of aromatic nitrogens is 1. The minimum Gasteiger partial charge on any atom is -0.494 e. The lowest BCUT2D eigenvalue weighted by Crippen LogP contribution is -2.39. The van der Waals surface area contributed by atoms with Crippen molar-refractivity contribution in [3.05, 3.63) is 82.9 Å². The summed E-state index contributed by atoms with van der Waals surface area (Å²) < 4.78 is 40.6. The van der Waals surface area contributed by atoms with Crippen LogP contribution in [0.5, 0.6) is 5.75 Å². The summed E-state index contributed by atoms with van der Waals surface area (Å²) in [5, 5.41) is 0.596. The molecule has 0 spiro atoms. The second-order valence-electron chi connectivity index (χ2n) is 10.9. The summed E-state index contributed by atoms with van der Waals surface area (Å²) in [5.74, 6) is 0.451. The molecule has 0 saturated carbocycles. The number of hydrogen-bond donors (Lipinski definition) is 0. The van der Waals surface area contributed by atoms with Crippen molar-refractivity contribution in [2.45, 2.75) is 31.2 Å². The van der Waals surface area contributed by atoms with Gasteiger partial charge in [-0.25, -0.2) is 13.4 Å². The Bertz CT molecular complexity index is 1720. The van der Waals surface area contributed by atoms with Gasteiger partial charge in [-0.1, -0.05) is 41.7 Å². The minimum absolute atomic E-state index is 0.183. The van der Waals surface area contributed by atoms with E-state index in [2.05, 4.69) is 11.0 Å². The molecule has 0 radical (unpaired) electrons. The lowest BCUT2D eigenvalue weighted by molar-refractivity contribution is 0.0376. The monoisotopic (exact) mass is 620 g/mol. The highest BCUT2D eigenvalue weighted by Crippen LogP contribution is 2.37. The maximum absolute atomic E-state index is 14.0. The molecule has 2 aliphatic rings. The fourth-order valence-corrected chi connectivity index (χ4v) is 8.18. The van der Waals surface area contributed by atoms with Crippen molar-refractivity contribution in [1.82, 2.24) is 14.2 Å². The van der Waals surface area contributed by atoms with Crippen LogP contribution in [0.15, 0.2) is 65.6 Å². The molecule has 6 rings (SSSR count). The molecule has 11 heteroatoms. The summed E-state index contributed by atoms with van der Waals surface area (Å²) in [5.41, 5.74) is 4.43. The Morgan fingerprint density at radius 2 is 1.77 bits per heavy atom. The average Bonchev–Trinajstić information content (AvgIpc) is 3.49. The molecule has 0 bridgehead atoms. The lowest BCUT2D eigenvalue weighted by atomic mass is 10.0. The third kappa shape index (κ3) is 6.18. The number of morpholine rings is 1. The van der Waals surface area contributed by atoms with Crippen molar-refractivity contribution in [3.8, 4) is 5.75 Å². The quantitative estimate of drug-likeness (QED) is 0.267. The Morgan fingerprint density at radius 1 is 1.02 bits per heavy atom. The molecule has 1 saturated heterocycles. The van der Waals surface area contributed by atoms with Crippen LogP contribution in [-0.2, 0) is 27.7 Å². The molecular weight excluding hydrogens is 585 g/mol. The molecule has 2 aliphatic heterocycles. The van der Waals surface area contributed by atoms with Crippen LogP contribution in [0, 0.1) is 6.92 Å². The number of rotatable bonds is 9. The van der Waals surface area contributed by atoms with Crippen molar-refractivity contribution in [3.63, 3.8) is 0 Å². The largest absolute Gasteiger partial charge is 0.494 e. The number of carbonyl (C=O) groups excluding carboxylic acids is 1. The van der Waals surface area contributed by atoms with Gasteiger partial charge >= 0.3 is 0 Å². The zero-order valence-electron chi connectivity index (χ0n) is 24.5. The number of fused-ring (bicyclic) bond motifs is 2. The molecule has 3 aromatic carbocycles. The molecule has 0 atom stereocenters. The highest BCUT2D eigenvalue weighted by molar-refractivity contribution is 7.89. The first-order chi connectivity index (χ1) is 20.8. The van der Waals surface area contributed by atoms with Gasteiger partial charge in [0, 0.05) is 44.8 Å². The number of aryl methyl sites for hydroxylation is 1. The number of methoxy groups -OCH3 is 1. The third-order valence-electron chi connectivity index (χ3n) is 8.18. The molecular formula is C32H36N4O5S2. The molecule has 43 heavy (non-hydrogen) atoms. The highest BCUT2D eigenvalue weighted by Gasteiger charge is 2.29. The number of thiazole rings is 1. The number of anilines is 1. The Labute approximate surface area is 256 Å². The van der Waals surface area contributed by atoms with E-state index < -0.39 is 10.0 Å². The van der Waals surface area contributed by atoms with Gasteiger partial charge in [-0.05, 0) is 66.8 Å². The highest BCUT2D eigenvalue weighted by atomic mass is 32.2. The number of ether oxygens (including phenoxy) is 2. The lowest BCUT2D eigenvalue weighted by Gasteiger charge is -2.28. The maximum atomic E-state index is 14.0. The summed E-state index contributed by atoms with van der Waals surface area (Å²) in [6, 6.07) is 18.1. The van der Waals surface area contributed by atoms with E-state index in [1.165, 1.54) is 21.2 Å². The van der Waals surface area contributed by atoms with Gasteiger partial charge in [-0.3, -0.25) is 14.6 Å². The van der Waals surface area contributed by atoms with Crippen LogP contribution in [0.25, 0.3) is 10.2 Å². The van der Waals surface area contributed by atoms with E-state index in [4.69, 9.17) is 14.5 Å². The van der Waals surface area contributed by atoms with E-state index in [9.17, 15) is 13.2 Å². The van der Waals surface area contributed by atoms with Gasteiger partial charge in [0.25, 0.3) is 5.91 Å². The number of carbonyl (C=O) groups is 1. The molecule has 1 fully saturated rings. The van der Waals surface area contributed by atoms with Crippen molar-refractivity contribution in [2.24, 2.45) is 0 Å². The molecule has 1 aromatic heterocycles. The number of benzene rings is 3. The maximum Gasteiger partial charge on any atom is 0.260 e. The second-order valence-corrected chi connectivity index (χ2v) is 13.8. The Hall–Kier alpha value is -3.35. The Balaban J connectivity index is 1.25. The second kappa shape index (κ2) is 12.7. The van der Waals surface area contributed by atoms with Crippen molar-refractivity contribution in [2.75, 3.05) is 57.9 Å². The van der Waals surface area contributed by atoms with Crippen LogP contribution >= 0.6 is 11.3 Å². The molecule has 3 heterocycles. The molecule has 0 aliphatic carbocycles. The van der Waals surface area contributed by atoms with E-state index in [1.54, 1.807) is 36.3 Å². The zero-order valence-corrected chi connectivity index (χ0v) is 26.1. The van der Waals surface area contributed by atoms with Gasteiger partial charge in [0.1, 0.15) is 11.3 Å². The predicted octanol–water partition coefficient (Wildman–Crippen LogP) is 4.73. The first kappa shape index (κ1) is 29.7. The van der Waals surface area contributed by atoms with Gasteiger partial charge < -0.3 is 9.47 Å². The molecule has 0 N–H and O–H groups in total. The van der Waals surface area contributed by atoms with Gasteiger partial charge in [-0.2, -0.15) is 4.31 Å². The van der Waals surface area contributed by atoms with E-state index in [1.807, 2.05) is 37.3 Å². The van der Waals surface area contributed by atoms with Crippen molar-refractivity contribution < 1.29 is 22.7 Å². The Kier molecular flexibility index (Phi) is 8.78. The topological polar surface area (TPSA) is 92.3 Å². The number of amides is 1. The van der Waals surface area contributed by atoms with Crippen LogP contribution in [0.2, 0.25) is 0 Å². The van der Waals surface area contributed by atoms with E-state index in [0.717, 1.165) is 60.6 Å².